The number of hydrogen-bond acceptors (Lipinski definition) is 4. The number of carboxylic acid groups (broad SMARTS) is 1. The molecule has 0 aromatic heterocycles. The van der Waals surface area contributed by atoms with Crippen LogP contribution in [0.4, 0.5) is 0 Å². The topological polar surface area (TPSA) is 92.8 Å². The number of ether oxygens (including phenoxy) is 1. The predicted octanol–water partition coefficient (Wildman–Crippen LogP) is 0.485. The molecule has 4 N–H and O–H groups in total. The Bertz CT molecular complexity index is 351. The van der Waals surface area contributed by atoms with Crippen molar-refractivity contribution in [2.45, 2.75) is 6.04 Å². The van der Waals surface area contributed by atoms with Crippen molar-refractivity contribution >= 4 is 5.97 Å². The van der Waals surface area contributed by atoms with Gasteiger partial charge in [-0.15, -0.1) is 0 Å². The SMILES string of the molecule is COc1c(O)cccc1C(N)C(=O)O. The molecule has 5 nitrogen and oxygen atoms in total. The molecule has 0 amide bonds. The maximum Gasteiger partial charge on any atom is 0.325 e. The molecule has 0 saturated heterocycles. The van der Waals surface area contributed by atoms with Gasteiger partial charge in [0.05, 0.1) is 7.11 Å². The zero-order valence-electron chi connectivity index (χ0n) is 7.60. The van der Waals surface area contributed by atoms with Gasteiger partial charge in [-0.1, -0.05) is 12.1 Å². The van der Waals surface area contributed by atoms with E-state index in [-0.39, 0.29) is 17.1 Å². The van der Waals surface area contributed by atoms with Crippen LogP contribution in [0.5, 0.6) is 11.5 Å². The average Bonchev–Trinajstić information content (AvgIpc) is 2.16. The number of phenols is 1. The van der Waals surface area contributed by atoms with Gasteiger partial charge in [0.1, 0.15) is 6.04 Å². The lowest BCUT2D eigenvalue weighted by atomic mass is 10.1. The summed E-state index contributed by atoms with van der Waals surface area (Å²) < 4.78 is 4.85. The molecule has 1 atom stereocenters. The number of nitrogens with two attached hydrogens (primary N) is 1. The average molecular weight is 197 g/mol. The summed E-state index contributed by atoms with van der Waals surface area (Å²) in [6.07, 6.45) is 0. The summed E-state index contributed by atoms with van der Waals surface area (Å²) in [5.41, 5.74) is 5.64. The molecule has 0 radical (unpaired) electrons. The third-order valence-corrected chi connectivity index (χ3v) is 1.83. The van der Waals surface area contributed by atoms with E-state index in [0.29, 0.717) is 0 Å². The predicted molar refractivity (Wildman–Crippen MR) is 49.2 cm³/mol. The highest BCUT2D eigenvalue weighted by molar-refractivity contribution is 5.77. The largest absolute Gasteiger partial charge is 0.504 e. The number of benzene rings is 1. The first-order chi connectivity index (χ1) is 6.57. The molecule has 0 aliphatic carbocycles. The monoisotopic (exact) mass is 197 g/mol. The Morgan fingerprint density at radius 3 is 2.71 bits per heavy atom. The van der Waals surface area contributed by atoms with E-state index < -0.39 is 12.0 Å². The molecule has 0 aliphatic rings. The Kier molecular flexibility index (Phi) is 2.93. The summed E-state index contributed by atoms with van der Waals surface area (Å²) in [6.45, 7) is 0. The van der Waals surface area contributed by atoms with Gasteiger partial charge in [-0.2, -0.15) is 0 Å². The van der Waals surface area contributed by atoms with Crippen molar-refractivity contribution in [3.63, 3.8) is 0 Å². The van der Waals surface area contributed by atoms with Crippen molar-refractivity contribution in [2.75, 3.05) is 7.11 Å². The van der Waals surface area contributed by atoms with Crippen LogP contribution in [0.25, 0.3) is 0 Å². The molecular weight excluding hydrogens is 186 g/mol. The van der Waals surface area contributed by atoms with Crippen LogP contribution in [0, 0.1) is 0 Å². The molecule has 1 aromatic rings. The van der Waals surface area contributed by atoms with Crippen LogP contribution in [0.2, 0.25) is 0 Å². The summed E-state index contributed by atoms with van der Waals surface area (Å²) >= 11 is 0. The Morgan fingerprint density at radius 2 is 2.21 bits per heavy atom. The first-order valence-electron chi connectivity index (χ1n) is 3.92. The summed E-state index contributed by atoms with van der Waals surface area (Å²) in [4.78, 5) is 10.6. The van der Waals surface area contributed by atoms with Crippen molar-refractivity contribution in [2.24, 2.45) is 5.73 Å². The minimum Gasteiger partial charge on any atom is -0.504 e. The van der Waals surface area contributed by atoms with Gasteiger partial charge in [0, 0.05) is 5.56 Å². The molecule has 0 heterocycles. The second-order valence-electron chi connectivity index (χ2n) is 2.72. The van der Waals surface area contributed by atoms with E-state index in [1.54, 1.807) is 0 Å². The van der Waals surface area contributed by atoms with Crippen molar-refractivity contribution in [1.29, 1.82) is 0 Å². The molecule has 1 unspecified atom stereocenters. The van der Waals surface area contributed by atoms with E-state index in [9.17, 15) is 9.90 Å². The van der Waals surface area contributed by atoms with Crippen molar-refractivity contribution in [1.82, 2.24) is 0 Å². The molecule has 0 spiro atoms. The zero-order valence-corrected chi connectivity index (χ0v) is 7.60. The Hall–Kier alpha value is -1.75. The highest BCUT2D eigenvalue weighted by atomic mass is 16.5. The quantitative estimate of drug-likeness (QED) is 0.655. The number of phenolic OH excluding ortho intramolecular Hbond substituents is 1. The Labute approximate surface area is 80.7 Å². The lowest BCUT2D eigenvalue weighted by molar-refractivity contribution is -0.138. The van der Waals surface area contributed by atoms with Gasteiger partial charge < -0.3 is 20.7 Å². The lowest BCUT2D eigenvalue weighted by Crippen LogP contribution is -2.21. The van der Waals surface area contributed by atoms with Gasteiger partial charge in [0.15, 0.2) is 11.5 Å². The van der Waals surface area contributed by atoms with Gasteiger partial charge >= 0.3 is 5.97 Å². The van der Waals surface area contributed by atoms with Crippen LogP contribution in [0.15, 0.2) is 18.2 Å². The van der Waals surface area contributed by atoms with Gasteiger partial charge in [-0.05, 0) is 6.07 Å². The second kappa shape index (κ2) is 3.97. The highest BCUT2D eigenvalue weighted by Gasteiger charge is 2.20. The molecule has 1 rings (SSSR count). The minimum atomic E-state index is -1.20. The fourth-order valence-corrected chi connectivity index (χ4v) is 1.14. The second-order valence-corrected chi connectivity index (χ2v) is 2.72. The first kappa shape index (κ1) is 10.3. The van der Waals surface area contributed by atoms with Crippen LogP contribution >= 0.6 is 0 Å². The smallest absolute Gasteiger partial charge is 0.325 e. The normalized spacial score (nSPS) is 12.1. The van der Waals surface area contributed by atoms with Crippen LogP contribution < -0.4 is 10.5 Å². The molecule has 1 aromatic carbocycles. The van der Waals surface area contributed by atoms with Gasteiger partial charge in [-0.3, -0.25) is 4.79 Å². The Balaban J connectivity index is 3.20. The van der Waals surface area contributed by atoms with Crippen LogP contribution in [0.3, 0.4) is 0 Å². The summed E-state index contributed by atoms with van der Waals surface area (Å²) in [7, 11) is 1.34. The molecule has 5 heteroatoms. The first-order valence-corrected chi connectivity index (χ1v) is 3.92. The maximum absolute atomic E-state index is 10.6. The number of aliphatic carboxylic acids is 1. The van der Waals surface area contributed by atoms with E-state index in [2.05, 4.69) is 0 Å². The van der Waals surface area contributed by atoms with Gasteiger partial charge in [-0.25, -0.2) is 0 Å². The van der Waals surface area contributed by atoms with Crippen molar-refractivity contribution in [3.05, 3.63) is 23.8 Å². The molecule has 76 valence electrons. The third-order valence-electron chi connectivity index (χ3n) is 1.83. The lowest BCUT2D eigenvalue weighted by Gasteiger charge is -2.12. The maximum atomic E-state index is 10.6. The number of hydrogen-bond donors (Lipinski definition) is 3. The van der Waals surface area contributed by atoms with Crippen molar-refractivity contribution in [3.8, 4) is 11.5 Å². The highest BCUT2D eigenvalue weighted by Crippen LogP contribution is 2.32. The Morgan fingerprint density at radius 1 is 1.57 bits per heavy atom. The third kappa shape index (κ3) is 1.77. The van der Waals surface area contributed by atoms with Crippen molar-refractivity contribution < 1.29 is 19.7 Å². The van der Waals surface area contributed by atoms with Crippen LogP contribution in [-0.2, 0) is 4.79 Å². The van der Waals surface area contributed by atoms with Crippen LogP contribution in [0.1, 0.15) is 11.6 Å². The van der Waals surface area contributed by atoms with E-state index in [1.807, 2.05) is 0 Å². The number of carboxylic acids is 1. The molecule has 0 saturated carbocycles. The zero-order chi connectivity index (χ0) is 10.7. The van der Waals surface area contributed by atoms with E-state index in [0.717, 1.165) is 0 Å². The molecular formula is C9H11NO4. The number of aromatic hydroxyl groups is 1. The van der Waals surface area contributed by atoms with E-state index in [1.165, 1.54) is 25.3 Å². The van der Waals surface area contributed by atoms with Crippen LogP contribution in [-0.4, -0.2) is 23.3 Å². The number of para-hydroxylation sites is 1. The molecule has 0 bridgehead atoms. The number of carbonyl (C=O) groups is 1. The molecule has 0 fully saturated rings. The number of methoxy groups -OCH3 is 1. The summed E-state index contributed by atoms with van der Waals surface area (Å²) in [5.74, 6) is -1.20. The summed E-state index contributed by atoms with van der Waals surface area (Å²) in [5, 5.41) is 18.0. The standard InChI is InChI=1S/C9H11NO4/c1-14-8-5(7(10)9(12)13)3-2-4-6(8)11/h2-4,7,11H,10H2,1H3,(H,12,13). The van der Waals surface area contributed by atoms with Gasteiger partial charge in [0.2, 0.25) is 0 Å². The number of rotatable bonds is 3. The fraction of sp³-hybridized carbons (Fsp3) is 0.222. The molecule has 14 heavy (non-hydrogen) atoms. The molecule has 0 aliphatic heterocycles. The van der Waals surface area contributed by atoms with E-state index in [4.69, 9.17) is 15.6 Å². The summed E-state index contributed by atoms with van der Waals surface area (Å²) in [6, 6.07) is 3.21. The van der Waals surface area contributed by atoms with Gasteiger partial charge in [0.25, 0.3) is 0 Å². The van der Waals surface area contributed by atoms with E-state index >= 15 is 0 Å². The fourth-order valence-electron chi connectivity index (χ4n) is 1.14. The minimum absolute atomic E-state index is 0.0994.